The van der Waals surface area contributed by atoms with Crippen LogP contribution in [0.5, 0.6) is 0 Å². The molecular weight excluding hydrogens is 354 g/mol. The molecule has 3 rings (SSSR count). The topological polar surface area (TPSA) is 78.4 Å². The molecule has 8 heteroatoms. The van der Waals surface area contributed by atoms with E-state index < -0.39 is 0 Å². The van der Waals surface area contributed by atoms with Gasteiger partial charge in [0.25, 0.3) is 5.91 Å². The van der Waals surface area contributed by atoms with Gasteiger partial charge in [-0.05, 0) is 31.2 Å². The minimum atomic E-state index is -0.161. The summed E-state index contributed by atoms with van der Waals surface area (Å²) in [4.78, 5) is 36.6. The molecule has 1 saturated heterocycles. The van der Waals surface area contributed by atoms with Crippen LogP contribution in [0, 0.1) is 6.92 Å². The Balaban J connectivity index is 1.48. The van der Waals surface area contributed by atoms with Crippen LogP contribution in [0.4, 0.5) is 4.79 Å². The molecule has 3 amide bonds. The van der Waals surface area contributed by atoms with E-state index in [-0.39, 0.29) is 11.9 Å². The molecule has 1 aromatic heterocycles. The monoisotopic (exact) mass is 373 g/mol. The minimum Gasteiger partial charge on any atom is -0.335 e. The summed E-state index contributed by atoms with van der Waals surface area (Å²) in [5.74, 6) is -0.0448. The lowest BCUT2D eigenvalue weighted by Crippen LogP contribution is -2.53. The van der Waals surface area contributed by atoms with Crippen LogP contribution in [0.2, 0.25) is 5.02 Å². The summed E-state index contributed by atoms with van der Waals surface area (Å²) in [5, 5.41) is 3.43. The Morgan fingerprint density at radius 3 is 2.31 bits per heavy atom. The number of hydrogen-bond acceptors (Lipinski definition) is 4. The van der Waals surface area contributed by atoms with Gasteiger partial charge in [0.2, 0.25) is 0 Å². The summed E-state index contributed by atoms with van der Waals surface area (Å²) in [5.41, 5.74) is 2.15. The maximum Gasteiger partial charge on any atom is 0.317 e. The second-order valence-electron chi connectivity index (χ2n) is 6.09. The van der Waals surface area contributed by atoms with E-state index in [4.69, 9.17) is 11.6 Å². The third kappa shape index (κ3) is 4.49. The molecule has 0 unspecified atom stereocenters. The molecule has 7 nitrogen and oxygen atoms in total. The molecule has 1 N–H and O–H groups in total. The van der Waals surface area contributed by atoms with Gasteiger partial charge >= 0.3 is 6.03 Å². The standard InChI is InChI=1S/C18H20ClN5O2/c1-13-10-21-16(11-20-13)12-22-18(26)24-8-6-23(7-9-24)17(25)14-2-4-15(19)5-3-14/h2-5,10-11H,6-9,12H2,1H3,(H,22,26). The van der Waals surface area contributed by atoms with Gasteiger partial charge in [-0.2, -0.15) is 0 Å². The van der Waals surface area contributed by atoms with Gasteiger partial charge in [-0.25, -0.2) is 4.79 Å². The molecule has 136 valence electrons. The van der Waals surface area contributed by atoms with Gasteiger partial charge in [-0.1, -0.05) is 11.6 Å². The normalized spacial score (nSPS) is 14.2. The molecule has 26 heavy (non-hydrogen) atoms. The number of carbonyl (C=O) groups excluding carboxylic acids is 2. The molecule has 0 aliphatic carbocycles. The molecule has 0 saturated carbocycles. The van der Waals surface area contributed by atoms with Crippen molar-refractivity contribution >= 4 is 23.5 Å². The van der Waals surface area contributed by atoms with Crippen molar-refractivity contribution in [3.05, 3.63) is 58.6 Å². The second-order valence-corrected chi connectivity index (χ2v) is 6.53. The quantitative estimate of drug-likeness (QED) is 0.893. The average molecular weight is 374 g/mol. The van der Waals surface area contributed by atoms with Gasteiger partial charge in [0, 0.05) is 43.0 Å². The molecule has 0 radical (unpaired) electrons. The van der Waals surface area contributed by atoms with Crippen LogP contribution in [0.15, 0.2) is 36.7 Å². The lowest BCUT2D eigenvalue weighted by Gasteiger charge is -2.34. The Hall–Kier alpha value is -2.67. The van der Waals surface area contributed by atoms with Crippen LogP contribution in [-0.2, 0) is 6.54 Å². The van der Waals surface area contributed by atoms with Crippen molar-refractivity contribution in [1.82, 2.24) is 25.1 Å². The fourth-order valence-corrected chi connectivity index (χ4v) is 2.80. The van der Waals surface area contributed by atoms with Crippen molar-refractivity contribution in [3.63, 3.8) is 0 Å². The minimum absolute atomic E-state index is 0.0448. The van der Waals surface area contributed by atoms with E-state index in [9.17, 15) is 9.59 Å². The Kier molecular flexibility index (Phi) is 5.68. The summed E-state index contributed by atoms with van der Waals surface area (Å²) < 4.78 is 0. The highest BCUT2D eigenvalue weighted by Crippen LogP contribution is 2.13. The first-order chi connectivity index (χ1) is 12.5. The first-order valence-electron chi connectivity index (χ1n) is 8.38. The number of halogens is 1. The number of hydrogen-bond donors (Lipinski definition) is 1. The highest BCUT2D eigenvalue weighted by molar-refractivity contribution is 6.30. The molecular formula is C18H20ClN5O2. The summed E-state index contributed by atoms with van der Waals surface area (Å²) in [6.45, 7) is 4.17. The van der Waals surface area contributed by atoms with Crippen LogP contribution in [0.3, 0.4) is 0 Å². The SMILES string of the molecule is Cc1cnc(CNC(=O)N2CCN(C(=O)c3ccc(Cl)cc3)CC2)cn1. The Bertz CT molecular complexity index is 771. The van der Waals surface area contributed by atoms with Crippen molar-refractivity contribution < 1.29 is 9.59 Å². The number of nitrogens with one attached hydrogen (secondary N) is 1. The fourth-order valence-electron chi connectivity index (χ4n) is 2.68. The molecule has 1 aliphatic rings. The van der Waals surface area contributed by atoms with E-state index in [1.165, 1.54) is 0 Å². The van der Waals surface area contributed by atoms with Gasteiger partial charge in [0.15, 0.2) is 0 Å². The number of aryl methyl sites for hydroxylation is 1. The smallest absolute Gasteiger partial charge is 0.317 e. The Labute approximate surface area is 157 Å². The Morgan fingerprint density at radius 2 is 1.69 bits per heavy atom. The van der Waals surface area contributed by atoms with Gasteiger partial charge in [0.1, 0.15) is 0 Å². The second kappa shape index (κ2) is 8.14. The third-order valence-electron chi connectivity index (χ3n) is 4.20. The number of aromatic nitrogens is 2. The van der Waals surface area contributed by atoms with E-state index in [0.717, 1.165) is 5.69 Å². The molecule has 0 atom stereocenters. The first-order valence-corrected chi connectivity index (χ1v) is 8.76. The predicted molar refractivity (Wildman–Crippen MR) is 97.9 cm³/mol. The summed E-state index contributed by atoms with van der Waals surface area (Å²) >= 11 is 5.85. The zero-order valence-electron chi connectivity index (χ0n) is 14.5. The number of nitrogens with zero attached hydrogens (tertiary/aromatic N) is 4. The predicted octanol–water partition coefficient (Wildman–Crippen LogP) is 2.11. The third-order valence-corrected chi connectivity index (χ3v) is 4.45. The van der Waals surface area contributed by atoms with Crippen LogP contribution in [-0.4, -0.2) is 57.9 Å². The fraction of sp³-hybridized carbons (Fsp3) is 0.333. The van der Waals surface area contributed by atoms with Crippen molar-refractivity contribution in [2.75, 3.05) is 26.2 Å². The summed E-state index contributed by atoms with van der Waals surface area (Å²) in [6, 6.07) is 6.67. The lowest BCUT2D eigenvalue weighted by atomic mass is 10.2. The molecule has 1 aliphatic heterocycles. The summed E-state index contributed by atoms with van der Waals surface area (Å²) in [7, 11) is 0. The van der Waals surface area contributed by atoms with Crippen molar-refractivity contribution in [2.45, 2.75) is 13.5 Å². The number of piperazine rings is 1. The van der Waals surface area contributed by atoms with Crippen LogP contribution in [0.1, 0.15) is 21.7 Å². The molecule has 2 heterocycles. The zero-order valence-corrected chi connectivity index (χ0v) is 15.2. The highest BCUT2D eigenvalue weighted by Gasteiger charge is 2.24. The van der Waals surface area contributed by atoms with Crippen LogP contribution >= 0.6 is 11.6 Å². The molecule has 0 spiro atoms. The number of carbonyl (C=O) groups is 2. The molecule has 0 bridgehead atoms. The highest BCUT2D eigenvalue weighted by atomic mass is 35.5. The maximum absolute atomic E-state index is 12.5. The van der Waals surface area contributed by atoms with Crippen LogP contribution < -0.4 is 5.32 Å². The van der Waals surface area contributed by atoms with E-state index >= 15 is 0 Å². The van der Waals surface area contributed by atoms with Gasteiger partial charge in [-0.3, -0.25) is 14.8 Å². The number of urea groups is 1. The van der Waals surface area contributed by atoms with E-state index in [1.807, 2.05) is 6.92 Å². The molecule has 1 aromatic carbocycles. The van der Waals surface area contributed by atoms with Gasteiger partial charge < -0.3 is 15.1 Å². The number of benzene rings is 1. The maximum atomic E-state index is 12.5. The average Bonchev–Trinajstić information content (AvgIpc) is 2.67. The Morgan fingerprint density at radius 1 is 1.04 bits per heavy atom. The molecule has 2 aromatic rings. The zero-order chi connectivity index (χ0) is 18.5. The van der Waals surface area contributed by atoms with Gasteiger partial charge in [0.05, 0.1) is 24.1 Å². The van der Waals surface area contributed by atoms with E-state index in [2.05, 4.69) is 15.3 Å². The van der Waals surface area contributed by atoms with Crippen molar-refractivity contribution in [2.24, 2.45) is 0 Å². The van der Waals surface area contributed by atoms with Gasteiger partial charge in [-0.15, -0.1) is 0 Å². The van der Waals surface area contributed by atoms with Crippen molar-refractivity contribution in [3.8, 4) is 0 Å². The van der Waals surface area contributed by atoms with Crippen molar-refractivity contribution in [1.29, 1.82) is 0 Å². The van der Waals surface area contributed by atoms with E-state index in [1.54, 1.807) is 46.5 Å². The van der Waals surface area contributed by atoms with Crippen LogP contribution in [0.25, 0.3) is 0 Å². The van der Waals surface area contributed by atoms with E-state index in [0.29, 0.717) is 49.0 Å². The number of amides is 3. The summed E-state index contributed by atoms with van der Waals surface area (Å²) in [6.07, 6.45) is 3.32. The molecule has 1 fully saturated rings. The first kappa shape index (κ1) is 18.1. The largest absolute Gasteiger partial charge is 0.335 e. The lowest BCUT2D eigenvalue weighted by molar-refractivity contribution is 0.0665. The number of rotatable bonds is 3.